The highest BCUT2D eigenvalue weighted by Crippen LogP contribution is 2.39. The number of rotatable bonds is 1. The van der Waals surface area contributed by atoms with Gasteiger partial charge in [-0.25, -0.2) is 0 Å². The molecule has 4 nitrogen and oxygen atoms in total. The van der Waals surface area contributed by atoms with Crippen molar-refractivity contribution in [3.63, 3.8) is 0 Å². The monoisotopic (exact) mass is 244 g/mol. The molecule has 3 rings (SSSR count). The number of fused-ring (bicyclic) bond motifs is 1. The van der Waals surface area contributed by atoms with Crippen molar-refractivity contribution in [2.24, 2.45) is 10.7 Å². The van der Waals surface area contributed by atoms with Crippen LogP contribution in [0.15, 0.2) is 29.5 Å². The van der Waals surface area contributed by atoms with Gasteiger partial charge in [0.25, 0.3) is 0 Å². The lowest BCUT2D eigenvalue weighted by Crippen LogP contribution is -2.29. The Bertz CT molecular complexity index is 574. The summed E-state index contributed by atoms with van der Waals surface area (Å²) in [5.74, 6) is 0. The zero-order valence-corrected chi connectivity index (χ0v) is 10.2. The first kappa shape index (κ1) is 10.4. The molecule has 2 aromatic rings. The summed E-state index contributed by atoms with van der Waals surface area (Å²) >= 11 is 1.71. The minimum atomic E-state index is -0.328. The number of nitrogens with zero attached hydrogens (tertiary/aromatic N) is 2. The summed E-state index contributed by atoms with van der Waals surface area (Å²) in [6.45, 7) is 2.11. The van der Waals surface area contributed by atoms with E-state index < -0.39 is 0 Å². The van der Waals surface area contributed by atoms with Crippen LogP contribution in [-0.2, 0) is 0 Å². The molecule has 86 valence electrons. The lowest BCUT2D eigenvalue weighted by molar-refractivity contribution is 0.810. The van der Waals surface area contributed by atoms with Gasteiger partial charge in [-0.2, -0.15) is 0 Å². The molecule has 0 aromatic carbocycles. The Kier molecular flexibility index (Phi) is 2.42. The average Bonchev–Trinajstić information content (AvgIpc) is 2.67. The number of nitrogens with one attached hydrogen (secondary N) is 1. The molecule has 0 radical (unpaired) electrons. The van der Waals surface area contributed by atoms with Crippen molar-refractivity contribution in [3.05, 3.63) is 35.7 Å². The predicted molar refractivity (Wildman–Crippen MR) is 71.5 cm³/mol. The standard InChI is InChI=1S/C12H12N4S/c1-7-9-6-15-12(13)16-11(9)17-10(7)8-2-4-14-5-3-8/h2-6,12,16H,13H2,1H3. The molecule has 17 heavy (non-hydrogen) atoms. The number of hydrogen-bond donors (Lipinski definition) is 2. The quantitative estimate of drug-likeness (QED) is 0.808. The van der Waals surface area contributed by atoms with E-state index in [0.717, 1.165) is 10.6 Å². The number of pyridine rings is 1. The third kappa shape index (κ3) is 1.73. The third-order valence-corrected chi connectivity index (χ3v) is 4.07. The first-order valence-corrected chi connectivity index (χ1v) is 6.16. The molecule has 0 saturated heterocycles. The zero-order valence-electron chi connectivity index (χ0n) is 9.34. The lowest BCUT2D eigenvalue weighted by atomic mass is 10.1. The molecule has 0 fully saturated rings. The summed E-state index contributed by atoms with van der Waals surface area (Å²) in [7, 11) is 0. The molecular weight excluding hydrogens is 232 g/mol. The second-order valence-electron chi connectivity index (χ2n) is 3.90. The highest BCUT2D eigenvalue weighted by atomic mass is 32.1. The highest BCUT2D eigenvalue weighted by molar-refractivity contribution is 7.20. The van der Waals surface area contributed by atoms with Gasteiger partial charge in [-0.1, -0.05) is 0 Å². The van der Waals surface area contributed by atoms with Crippen molar-refractivity contribution in [2.75, 3.05) is 5.32 Å². The van der Waals surface area contributed by atoms with Crippen LogP contribution in [0.1, 0.15) is 11.1 Å². The van der Waals surface area contributed by atoms with E-state index in [9.17, 15) is 0 Å². The van der Waals surface area contributed by atoms with Crippen LogP contribution in [0.2, 0.25) is 0 Å². The molecule has 2 aromatic heterocycles. The fourth-order valence-corrected chi connectivity index (χ4v) is 3.11. The Balaban J connectivity index is 2.13. The van der Waals surface area contributed by atoms with Gasteiger partial charge < -0.3 is 5.32 Å². The van der Waals surface area contributed by atoms with E-state index in [2.05, 4.69) is 22.2 Å². The van der Waals surface area contributed by atoms with Gasteiger partial charge in [-0.15, -0.1) is 11.3 Å². The molecule has 1 atom stereocenters. The Hall–Kier alpha value is -1.72. The van der Waals surface area contributed by atoms with Gasteiger partial charge in [0, 0.05) is 29.0 Å². The summed E-state index contributed by atoms with van der Waals surface area (Å²) < 4.78 is 0. The van der Waals surface area contributed by atoms with Gasteiger partial charge in [-0.05, 0) is 30.2 Å². The molecular formula is C12H12N4S. The molecule has 3 heterocycles. The molecule has 0 bridgehead atoms. The third-order valence-electron chi connectivity index (χ3n) is 2.78. The summed E-state index contributed by atoms with van der Waals surface area (Å²) in [4.78, 5) is 9.45. The molecule has 0 aliphatic carbocycles. The van der Waals surface area contributed by atoms with Gasteiger partial charge in [0.2, 0.25) is 0 Å². The Morgan fingerprint density at radius 1 is 1.35 bits per heavy atom. The smallest absolute Gasteiger partial charge is 0.171 e. The lowest BCUT2D eigenvalue weighted by Gasteiger charge is -2.14. The van der Waals surface area contributed by atoms with E-state index >= 15 is 0 Å². The fourth-order valence-electron chi connectivity index (χ4n) is 1.89. The van der Waals surface area contributed by atoms with Crippen LogP contribution in [0.4, 0.5) is 5.00 Å². The van der Waals surface area contributed by atoms with Crippen molar-refractivity contribution < 1.29 is 0 Å². The maximum atomic E-state index is 5.74. The predicted octanol–water partition coefficient (Wildman–Crippen LogP) is 2.21. The first-order chi connectivity index (χ1) is 8.25. The molecule has 1 unspecified atom stereocenters. The Morgan fingerprint density at radius 3 is 2.88 bits per heavy atom. The molecule has 3 N–H and O–H groups in total. The van der Waals surface area contributed by atoms with Crippen molar-refractivity contribution >= 4 is 22.6 Å². The second-order valence-corrected chi connectivity index (χ2v) is 4.92. The minimum Gasteiger partial charge on any atom is -0.343 e. The summed E-state index contributed by atoms with van der Waals surface area (Å²) in [5, 5.41) is 4.27. The molecule has 5 heteroatoms. The normalized spacial score (nSPS) is 17.6. The fraction of sp³-hybridized carbons (Fsp3) is 0.167. The van der Waals surface area contributed by atoms with E-state index in [1.807, 2.05) is 18.3 Å². The highest BCUT2D eigenvalue weighted by Gasteiger charge is 2.18. The largest absolute Gasteiger partial charge is 0.343 e. The number of thiophene rings is 1. The topological polar surface area (TPSA) is 63.3 Å². The van der Waals surface area contributed by atoms with Crippen LogP contribution in [0.5, 0.6) is 0 Å². The van der Waals surface area contributed by atoms with Crippen molar-refractivity contribution in [2.45, 2.75) is 13.2 Å². The van der Waals surface area contributed by atoms with Crippen LogP contribution >= 0.6 is 11.3 Å². The zero-order chi connectivity index (χ0) is 11.8. The van der Waals surface area contributed by atoms with E-state index in [-0.39, 0.29) is 6.29 Å². The molecule has 0 amide bonds. The van der Waals surface area contributed by atoms with E-state index in [1.54, 1.807) is 23.7 Å². The van der Waals surface area contributed by atoms with Crippen molar-refractivity contribution in [1.29, 1.82) is 0 Å². The van der Waals surface area contributed by atoms with Gasteiger partial charge in [0.15, 0.2) is 6.29 Å². The molecule has 0 saturated carbocycles. The molecule has 0 spiro atoms. The molecule has 1 aliphatic heterocycles. The van der Waals surface area contributed by atoms with E-state index in [4.69, 9.17) is 5.73 Å². The van der Waals surface area contributed by atoms with Crippen LogP contribution < -0.4 is 11.1 Å². The summed E-state index contributed by atoms with van der Waals surface area (Å²) in [6.07, 6.45) is 5.14. The Labute approximate surface area is 103 Å². The minimum absolute atomic E-state index is 0.328. The number of anilines is 1. The SMILES string of the molecule is Cc1c(-c2ccncc2)sc2c1C=NC(N)N2. The van der Waals surface area contributed by atoms with Gasteiger partial charge >= 0.3 is 0 Å². The second kappa shape index (κ2) is 3.94. The van der Waals surface area contributed by atoms with E-state index in [1.165, 1.54) is 16.0 Å². The van der Waals surface area contributed by atoms with Gasteiger partial charge in [0.05, 0.1) is 0 Å². The van der Waals surface area contributed by atoms with E-state index in [0.29, 0.717) is 0 Å². The first-order valence-electron chi connectivity index (χ1n) is 5.35. The van der Waals surface area contributed by atoms with Gasteiger partial charge in [0.1, 0.15) is 5.00 Å². The van der Waals surface area contributed by atoms with Crippen molar-refractivity contribution in [3.8, 4) is 10.4 Å². The van der Waals surface area contributed by atoms with Crippen LogP contribution in [-0.4, -0.2) is 17.5 Å². The maximum Gasteiger partial charge on any atom is 0.171 e. The summed E-state index contributed by atoms with van der Waals surface area (Å²) in [5.41, 5.74) is 9.29. The van der Waals surface area contributed by atoms with Crippen LogP contribution in [0.25, 0.3) is 10.4 Å². The number of aromatic nitrogens is 1. The number of aliphatic imine (C=N–C) groups is 1. The Morgan fingerprint density at radius 2 is 2.12 bits per heavy atom. The molecule has 1 aliphatic rings. The maximum absolute atomic E-state index is 5.74. The number of nitrogens with two attached hydrogens (primary N) is 1. The summed E-state index contributed by atoms with van der Waals surface area (Å²) in [6, 6.07) is 4.03. The number of hydrogen-bond acceptors (Lipinski definition) is 5. The van der Waals surface area contributed by atoms with Crippen LogP contribution in [0.3, 0.4) is 0 Å². The van der Waals surface area contributed by atoms with Crippen LogP contribution in [0, 0.1) is 6.92 Å². The average molecular weight is 244 g/mol. The van der Waals surface area contributed by atoms with Gasteiger partial charge in [-0.3, -0.25) is 15.7 Å². The van der Waals surface area contributed by atoms with Crippen molar-refractivity contribution in [1.82, 2.24) is 4.98 Å².